The minimum absolute atomic E-state index is 0.0437. The number of ketones is 1. The smallest absolute Gasteiger partial charge is 0.295 e. The minimum Gasteiger partial charge on any atom is -0.507 e. The zero-order valence-electron chi connectivity index (χ0n) is 19.7. The molecular formula is C27H31NO5. The summed E-state index contributed by atoms with van der Waals surface area (Å²) < 4.78 is 11.0. The van der Waals surface area contributed by atoms with E-state index >= 15 is 0 Å². The van der Waals surface area contributed by atoms with Gasteiger partial charge in [0.15, 0.2) is 0 Å². The molecular weight excluding hydrogens is 418 g/mol. The van der Waals surface area contributed by atoms with Gasteiger partial charge in [0.2, 0.25) is 0 Å². The van der Waals surface area contributed by atoms with Crippen molar-refractivity contribution >= 4 is 17.4 Å². The summed E-state index contributed by atoms with van der Waals surface area (Å²) in [5, 5.41) is 11.5. The number of Topliss-reactive ketones (excluding diaryl/α,β-unsaturated/α-hetero) is 1. The second kappa shape index (κ2) is 9.30. The number of likely N-dealkylation sites (tertiary alicyclic amines) is 1. The molecule has 6 nitrogen and oxygen atoms in total. The maximum Gasteiger partial charge on any atom is 0.295 e. The lowest BCUT2D eigenvalue weighted by Gasteiger charge is -2.35. The van der Waals surface area contributed by atoms with Gasteiger partial charge in [0.05, 0.1) is 31.4 Å². The molecule has 1 amide bonds. The van der Waals surface area contributed by atoms with Crippen LogP contribution in [0.15, 0.2) is 42.0 Å². The summed E-state index contributed by atoms with van der Waals surface area (Å²) in [4.78, 5) is 28.4. The van der Waals surface area contributed by atoms with E-state index in [1.165, 1.54) is 7.11 Å². The van der Waals surface area contributed by atoms with Gasteiger partial charge >= 0.3 is 0 Å². The van der Waals surface area contributed by atoms with E-state index in [1.807, 2.05) is 44.2 Å². The number of carbonyl (C=O) groups is 2. The number of amides is 1. The highest BCUT2D eigenvalue weighted by molar-refractivity contribution is 6.46. The Morgan fingerprint density at radius 2 is 1.73 bits per heavy atom. The Morgan fingerprint density at radius 1 is 1.00 bits per heavy atom. The first-order valence-corrected chi connectivity index (χ1v) is 11.5. The summed E-state index contributed by atoms with van der Waals surface area (Å²) in [5.74, 6) is -0.299. The highest BCUT2D eigenvalue weighted by atomic mass is 16.5. The normalized spacial score (nSPS) is 20.8. The molecule has 1 aliphatic carbocycles. The highest BCUT2D eigenvalue weighted by Gasteiger charge is 2.49. The van der Waals surface area contributed by atoms with E-state index in [9.17, 15) is 14.7 Å². The SMILES string of the molecule is COc1cccc(C2/C(=C(\O)c3cc(C)cc(C)c3OC)C(=O)C(=O)N2C2CCCCC2)c1. The summed E-state index contributed by atoms with van der Waals surface area (Å²) in [5.41, 5.74) is 3.03. The molecule has 1 saturated heterocycles. The lowest BCUT2D eigenvalue weighted by Crippen LogP contribution is -2.40. The number of ether oxygens (including phenoxy) is 2. The highest BCUT2D eigenvalue weighted by Crippen LogP contribution is 2.45. The molecule has 1 N–H and O–H groups in total. The van der Waals surface area contributed by atoms with Gasteiger partial charge in [0, 0.05) is 6.04 Å². The summed E-state index contributed by atoms with van der Waals surface area (Å²) in [6.07, 6.45) is 4.86. The fourth-order valence-corrected chi connectivity index (χ4v) is 5.27. The first kappa shape index (κ1) is 22.9. The van der Waals surface area contributed by atoms with E-state index in [2.05, 4.69) is 0 Å². The predicted octanol–water partition coefficient (Wildman–Crippen LogP) is 5.08. The molecule has 2 aromatic carbocycles. The van der Waals surface area contributed by atoms with Crippen molar-refractivity contribution in [2.24, 2.45) is 0 Å². The molecule has 1 saturated carbocycles. The van der Waals surface area contributed by atoms with Crippen molar-refractivity contribution in [1.29, 1.82) is 0 Å². The number of aryl methyl sites for hydroxylation is 2. The van der Waals surface area contributed by atoms with Crippen LogP contribution < -0.4 is 9.47 Å². The van der Waals surface area contributed by atoms with Gasteiger partial charge in [0.1, 0.15) is 17.3 Å². The number of rotatable bonds is 5. The van der Waals surface area contributed by atoms with Gasteiger partial charge in [-0.2, -0.15) is 0 Å². The molecule has 174 valence electrons. The van der Waals surface area contributed by atoms with E-state index in [-0.39, 0.29) is 17.4 Å². The van der Waals surface area contributed by atoms with Crippen LogP contribution in [0, 0.1) is 13.8 Å². The lowest BCUT2D eigenvalue weighted by atomic mass is 9.90. The summed E-state index contributed by atoms with van der Waals surface area (Å²) in [6, 6.07) is 10.4. The van der Waals surface area contributed by atoms with E-state index in [4.69, 9.17) is 9.47 Å². The molecule has 0 bridgehead atoms. The molecule has 0 aromatic heterocycles. The number of methoxy groups -OCH3 is 2. The van der Waals surface area contributed by atoms with Crippen LogP contribution in [0.4, 0.5) is 0 Å². The number of hydrogen-bond donors (Lipinski definition) is 1. The third-order valence-corrected chi connectivity index (χ3v) is 6.74. The molecule has 6 heteroatoms. The van der Waals surface area contributed by atoms with Gasteiger partial charge in [-0.25, -0.2) is 0 Å². The molecule has 4 rings (SSSR count). The maximum absolute atomic E-state index is 13.4. The van der Waals surface area contributed by atoms with Crippen LogP contribution in [-0.4, -0.2) is 42.0 Å². The third-order valence-electron chi connectivity index (χ3n) is 6.74. The van der Waals surface area contributed by atoms with Crippen LogP contribution in [0.1, 0.15) is 60.4 Å². The Labute approximate surface area is 194 Å². The quantitative estimate of drug-likeness (QED) is 0.392. The number of carbonyl (C=O) groups excluding carboxylic acids is 2. The molecule has 33 heavy (non-hydrogen) atoms. The molecule has 1 aliphatic heterocycles. The molecule has 2 aromatic rings. The second-order valence-corrected chi connectivity index (χ2v) is 8.94. The molecule has 1 unspecified atom stereocenters. The van der Waals surface area contributed by atoms with Crippen LogP contribution in [0.2, 0.25) is 0 Å². The zero-order chi connectivity index (χ0) is 23.7. The monoisotopic (exact) mass is 449 g/mol. The van der Waals surface area contributed by atoms with E-state index in [1.54, 1.807) is 18.1 Å². The summed E-state index contributed by atoms with van der Waals surface area (Å²) in [7, 11) is 3.12. The maximum atomic E-state index is 13.4. The van der Waals surface area contributed by atoms with Gasteiger partial charge in [-0.05, 0) is 61.6 Å². The molecule has 1 heterocycles. The Balaban J connectivity index is 1.95. The Bertz CT molecular complexity index is 1110. The molecule has 2 fully saturated rings. The van der Waals surface area contributed by atoms with Gasteiger partial charge in [-0.1, -0.05) is 37.5 Å². The average Bonchev–Trinajstić information content (AvgIpc) is 3.09. The molecule has 1 atom stereocenters. The number of aliphatic hydroxyl groups excluding tert-OH is 1. The minimum atomic E-state index is -0.686. The zero-order valence-corrected chi connectivity index (χ0v) is 19.7. The first-order valence-electron chi connectivity index (χ1n) is 11.5. The Kier molecular flexibility index (Phi) is 6.45. The van der Waals surface area contributed by atoms with E-state index in [0.717, 1.165) is 48.8 Å². The summed E-state index contributed by atoms with van der Waals surface area (Å²) in [6.45, 7) is 3.81. The first-order chi connectivity index (χ1) is 15.9. The molecule has 2 aliphatic rings. The fourth-order valence-electron chi connectivity index (χ4n) is 5.27. The second-order valence-electron chi connectivity index (χ2n) is 8.94. The number of hydrogen-bond acceptors (Lipinski definition) is 5. The van der Waals surface area contributed by atoms with Crippen molar-refractivity contribution in [2.75, 3.05) is 14.2 Å². The van der Waals surface area contributed by atoms with Crippen molar-refractivity contribution in [3.63, 3.8) is 0 Å². The van der Waals surface area contributed by atoms with Gasteiger partial charge in [-0.15, -0.1) is 0 Å². The van der Waals surface area contributed by atoms with E-state index in [0.29, 0.717) is 17.1 Å². The molecule has 0 radical (unpaired) electrons. The third kappa shape index (κ3) is 4.10. The average molecular weight is 450 g/mol. The standard InChI is InChI=1S/C27H31NO5/c1-16-13-17(2)26(33-4)21(14-16)24(29)22-23(18-9-8-12-20(15-18)32-3)28(27(31)25(22)30)19-10-6-5-7-11-19/h8-9,12-15,19,23,29H,5-7,10-11H2,1-4H3/b24-22+. The van der Waals surface area contributed by atoms with Gasteiger partial charge in [-0.3, -0.25) is 9.59 Å². The molecule has 0 spiro atoms. The topological polar surface area (TPSA) is 76.1 Å². The van der Waals surface area contributed by atoms with Crippen LogP contribution >= 0.6 is 0 Å². The van der Waals surface area contributed by atoms with Gasteiger partial charge in [0.25, 0.3) is 11.7 Å². The van der Waals surface area contributed by atoms with Crippen LogP contribution in [0.5, 0.6) is 11.5 Å². The largest absolute Gasteiger partial charge is 0.507 e. The van der Waals surface area contributed by atoms with Crippen LogP contribution in [0.25, 0.3) is 5.76 Å². The Hall–Kier alpha value is -3.28. The van der Waals surface area contributed by atoms with Crippen LogP contribution in [0.3, 0.4) is 0 Å². The summed E-state index contributed by atoms with van der Waals surface area (Å²) >= 11 is 0. The lowest BCUT2D eigenvalue weighted by molar-refractivity contribution is -0.141. The van der Waals surface area contributed by atoms with Gasteiger partial charge < -0.3 is 19.5 Å². The van der Waals surface area contributed by atoms with Crippen molar-refractivity contribution in [3.05, 3.63) is 64.2 Å². The van der Waals surface area contributed by atoms with Crippen molar-refractivity contribution in [2.45, 2.75) is 58.0 Å². The number of nitrogens with zero attached hydrogens (tertiary/aromatic N) is 1. The predicted molar refractivity (Wildman–Crippen MR) is 126 cm³/mol. The van der Waals surface area contributed by atoms with Crippen LogP contribution in [-0.2, 0) is 9.59 Å². The van der Waals surface area contributed by atoms with Crippen molar-refractivity contribution in [1.82, 2.24) is 4.90 Å². The number of benzene rings is 2. The van der Waals surface area contributed by atoms with E-state index < -0.39 is 17.7 Å². The van der Waals surface area contributed by atoms with Crippen molar-refractivity contribution < 1.29 is 24.2 Å². The fraction of sp³-hybridized carbons (Fsp3) is 0.407. The Morgan fingerprint density at radius 3 is 2.39 bits per heavy atom. The van der Waals surface area contributed by atoms with Crippen molar-refractivity contribution in [3.8, 4) is 11.5 Å². The number of aliphatic hydroxyl groups is 1.